The van der Waals surface area contributed by atoms with E-state index in [2.05, 4.69) is 10.1 Å². The van der Waals surface area contributed by atoms with Crippen molar-refractivity contribution < 1.29 is 4.79 Å². The highest BCUT2D eigenvalue weighted by Crippen LogP contribution is 2.08. The molecule has 1 aliphatic rings. The first-order valence-electron chi connectivity index (χ1n) is 3.68. The number of nitrogens with zero attached hydrogens (tertiary/aromatic N) is 3. The van der Waals surface area contributed by atoms with E-state index in [-0.39, 0.29) is 5.78 Å². The van der Waals surface area contributed by atoms with Crippen molar-refractivity contribution in [3.05, 3.63) is 11.6 Å². The number of ketones is 1. The fraction of sp³-hybridized carbons (Fsp3) is 0.571. The summed E-state index contributed by atoms with van der Waals surface area (Å²) in [4.78, 5) is 15.1. The second kappa shape index (κ2) is 2.15. The summed E-state index contributed by atoms with van der Waals surface area (Å²) in [6.07, 6.45) is 1.07. The Labute approximate surface area is 64.2 Å². The van der Waals surface area contributed by atoms with Crippen LogP contribution in [0.2, 0.25) is 0 Å². The van der Waals surface area contributed by atoms with E-state index in [1.54, 1.807) is 0 Å². The van der Waals surface area contributed by atoms with Crippen molar-refractivity contribution in [1.82, 2.24) is 14.8 Å². The van der Waals surface area contributed by atoms with Crippen LogP contribution < -0.4 is 0 Å². The van der Waals surface area contributed by atoms with Crippen LogP contribution in [0.15, 0.2) is 0 Å². The fourth-order valence-electron chi connectivity index (χ4n) is 1.30. The molecule has 0 radical (unpaired) electrons. The van der Waals surface area contributed by atoms with Crippen LogP contribution in [-0.4, -0.2) is 20.5 Å². The maximum Gasteiger partial charge on any atom is 0.147 e. The molecule has 0 atom stereocenters. The second-order valence-corrected chi connectivity index (χ2v) is 2.76. The molecule has 0 aliphatic carbocycles. The van der Waals surface area contributed by atoms with E-state index < -0.39 is 0 Å². The molecule has 11 heavy (non-hydrogen) atoms. The summed E-state index contributed by atoms with van der Waals surface area (Å²) in [6, 6.07) is 0. The number of Topliss-reactive ketones (excluding diaryl/α,β-unsaturated/α-hetero) is 1. The van der Waals surface area contributed by atoms with Gasteiger partial charge in [0.25, 0.3) is 0 Å². The van der Waals surface area contributed by atoms with Crippen molar-refractivity contribution >= 4 is 5.78 Å². The highest BCUT2D eigenvalue weighted by molar-refractivity contribution is 5.80. The van der Waals surface area contributed by atoms with Crippen LogP contribution in [0.25, 0.3) is 0 Å². The average molecular weight is 151 g/mol. The topological polar surface area (TPSA) is 47.8 Å². The first kappa shape index (κ1) is 6.52. The zero-order valence-corrected chi connectivity index (χ0v) is 6.37. The van der Waals surface area contributed by atoms with Crippen LogP contribution in [0.1, 0.15) is 18.1 Å². The summed E-state index contributed by atoms with van der Waals surface area (Å²) in [5.41, 5.74) is 0. The molecule has 2 heterocycles. The third kappa shape index (κ3) is 1.04. The lowest BCUT2D eigenvalue weighted by atomic mass is 10.1. The number of fused-ring (bicyclic) bond motifs is 1. The monoisotopic (exact) mass is 151 g/mol. The molecule has 4 heteroatoms. The Morgan fingerprint density at radius 2 is 2.36 bits per heavy atom. The molecule has 0 saturated carbocycles. The van der Waals surface area contributed by atoms with E-state index in [1.807, 2.05) is 11.6 Å². The molecule has 58 valence electrons. The van der Waals surface area contributed by atoms with Crippen molar-refractivity contribution in [2.75, 3.05) is 0 Å². The molecule has 0 spiro atoms. The highest BCUT2D eigenvalue weighted by Gasteiger charge is 2.17. The van der Waals surface area contributed by atoms with E-state index in [0.29, 0.717) is 19.4 Å². The van der Waals surface area contributed by atoms with Gasteiger partial charge < -0.3 is 0 Å². The summed E-state index contributed by atoms with van der Waals surface area (Å²) < 4.78 is 1.82. The van der Waals surface area contributed by atoms with Crippen LogP contribution >= 0.6 is 0 Å². The van der Waals surface area contributed by atoms with E-state index in [0.717, 1.165) is 11.6 Å². The molecule has 0 amide bonds. The lowest BCUT2D eigenvalue weighted by Crippen LogP contribution is -2.19. The summed E-state index contributed by atoms with van der Waals surface area (Å²) in [7, 11) is 0. The number of hydrogen-bond donors (Lipinski definition) is 0. The third-order valence-electron chi connectivity index (χ3n) is 1.81. The van der Waals surface area contributed by atoms with Gasteiger partial charge >= 0.3 is 0 Å². The Morgan fingerprint density at radius 1 is 1.55 bits per heavy atom. The molecule has 1 aliphatic heterocycles. The van der Waals surface area contributed by atoms with Gasteiger partial charge in [-0.25, -0.2) is 9.67 Å². The molecule has 2 rings (SSSR count). The van der Waals surface area contributed by atoms with Crippen molar-refractivity contribution in [2.24, 2.45) is 0 Å². The highest BCUT2D eigenvalue weighted by atomic mass is 16.1. The predicted octanol–water partition coefficient (Wildman–Crippen LogP) is 0.102. The normalized spacial score (nSPS) is 16.6. The molecule has 1 aromatic heterocycles. The summed E-state index contributed by atoms with van der Waals surface area (Å²) in [5, 5.41) is 4.14. The molecular weight excluding hydrogens is 142 g/mol. The van der Waals surface area contributed by atoms with Gasteiger partial charge in [-0.15, -0.1) is 0 Å². The van der Waals surface area contributed by atoms with E-state index in [1.165, 1.54) is 0 Å². The van der Waals surface area contributed by atoms with Crippen LogP contribution in [0.5, 0.6) is 0 Å². The Balaban J connectivity index is 2.41. The zero-order valence-electron chi connectivity index (χ0n) is 6.37. The smallest absolute Gasteiger partial charge is 0.147 e. The summed E-state index contributed by atoms with van der Waals surface area (Å²) in [5.74, 6) is 1.85. The molecule has 1 aromatic rings. The lowest BCUT2D eigenvalue weighted by Gasteiger charge is -2.09. The molecule has 0 fully saturated rings. The SMILES string of the molecule is Cc1nc2n(n1)CCC(=O)C2. The Morgan fingerprint density at radius 3 is 3.18 bits per heavy atom. The first-order valence-corrected chi connectivity index (χ1v) is 3.68. The Hall–Kier alpha value is -1.19. The first-order chi connectivity index (χ1) is 5.25. The van der Waals surface area contributed by atoms with Crippen LogP contribution in [0.4, 0.5) is 0 Å². The lowest BCUT2D eigenvalue weighted by molar-refractivity contribution is -0.119. The van der Waals surface area contributed by atoms with Crippen molar-refractivity contribution in [2.45, 2.75) is 26.3 Å². The summed E-state index contributed by atoms with van der Waals surface area (Å²) >= 11 is 0. The number of aryl methyl sites for hydroxylation is 2. The number of hydrogen-bond acceptors (Lipinski definition) is 3. The van der Waals surface area contributed by atoms with Gasteiger partial charge in [0.1, 0.15) is 17.4 Å². The van der Waals surface area contributed by atoms with Crippen molar-refractivity contribution in [1.29, 1.82) is 0 Å². The van der Waals surface area contributed by atoms with Crippen LogP contribution in [-0.2, 0) is 17.8 Å². The predicted molar refractivity (Wildman–Crippen MR) is 38.1 cm³/mol. The van der Waals surface area contributed by atoms with Crippen LogP contribution in [0, 0.1) is 6.92 Å². The minimum atomic E-state index is 0.268. The molecule has 0 aromatic carbocycles. The van der Waals surface area contributed by atoms with E-state index >= 15 is 0 Å². The molecule has 4 nitrogen and oxygen atoms in total. The Bertz CT molecular complexity index is 303. The molecule has 0 bridgehead atoms. The molecular formula is C7H9N3O. The van der Waals surface area contributed by atoms with Gasteiger partial charge in [-0.2, -0.15) is 5.10 Å². The number of rotatable bonds is 0. The van der Waals surface area contributed by atoms with Gasteiger partial charge in [0, 0.05) is 13.0 Å². The van der Waals surface area contributed by atoms with Gasteiger partial charge in [0.15, 0.2) is 0 Å². The Kier molecular flexibility index (Phi) is 1.27. The molecule has 0 saturated heterocycles. The van der Waals surface area contributed by atoms with E-state index in [4.69, 9.17) is 0 Å². The van der Waals surface area contributed by atoms with Gasteiger partial charge in [-0.3, -0.25) is 4.79 Å². The van der Waals surface area contributed by atoms with Gasteiger partial charge in [0.05, 0.1) is 6.42 Å². The minimum absolute atomic E-state index is 0.268. The summed E-state index contributed by atoms with van der Waals surface area (Å²) in [6.45, 7) is 2.55. The van der Waals surface area contributed by atoms with Gasteiger partial charge in [-0.1, -0.05) is 0 Å². The third-order valence-corrected chi connectivity index (χ3v) is 1.81. The van der Waals surface area contributed by atoms with Crippen LogP contribution in [0.3, 0.4) is 0 Å². The molecule has 0 unspecified atom stereocenters. The maximum absolute atomic E-state index is 11.0. The fourth-order valence-corrected chi connectivity index (χ4v) is 1.30. The zero-order chi connectivity index (χ0) is 7.84. The van der Waals surface area contributed by atoms with E-state index in [9.17, 15) is 4.79 Å². The number of carbonyl (C=O) groups is 1. The van der Waals surface area contributed by atoms with Gasteiger partial charge in [-0.05, 0) is 6.92 Å². The largest absolute Gasteiger partial charge is 0.299 e. The number of aromatic nitrogens is 3. The second-order valence-electron chi connectivity index (χ2n) is 2.76. The van der Waals surface area contributed by atoms with Crippen molar-refractivity contribution in [3.8, 4) is 0 Å². The maximum atomic E-state index is 11.0. The number of carbonyl (C=O) groups excluding carboxylic acids is 1. The van der Waals surface area contributed by atoms with Gasteiger partial charge in [0.2, 0.25) is 0 Å². The molecule has 0 N–H and O–H groups in total. The average Bonchev–Trinajstić information content (AvgIpc) is 2.27. The quantitative estimate of drug-likeness (QED) is 0.528. The van der Waals surface area contributed by atoms with Crippen molar-refractivity contribution in [3.63, 3.8) is 0 Å². The minimum Gasteiger partial charge on any atom is -0.299 e. The standard InChI is InChI=1S/C7H9N3O/c1-5-8-7-4-6(11)2-3-10(7)9-5/h2-4H2,1H3.